The molecule has 18 heteroatoms. The van der Waals surface area contributed by atoms with Crippen LogP contribution in [0.15, 0.2) is 0 Å². The number of carboxylic acids is 2. The fraction of sp³-hybridized carbons (Fsp3) is 0.680. The Morgan fingerprint density at radius 2 is 1.35 bits per heavy atom. The summed E-state index contributed by atoms with van der Waals surface area (Å²) >= 11 is 0. The zero-order chi connectivity index (χ0) is 33.3. The highest BCUT2D eigenvalue weighted by Gasteiger charge is 2.30. The molecule has 0 fully saturated rings. The molecule has 43 heavy (non-hydrogen) atoms. The lowest BCUT2D eigenvalue weighted by Gasteiger charge is -2.23. The van der Waals surface area contributed by atoms with E-state index in [-0.39, 0.29) is 12.8 Å². The van der Waals surface area contributed by atoms with Crippen molar-refractivity contribution in [1.82, 2.24) is 26.6 Å². The van der Waals surface area contributed by atoms with Gasteiger partial charge >= 0.3 is 11.9 Å². The summed E-state index contributed by atoms with van der Waals surface area (Å²) in [5, 5.41) is 29.6. The molecule has 0 aromatic carbocycles. The first-order chi connectivity index (χ1) is 20.0. The Morgan fingerprint density at radius 3 is 1.86 bits per heavy atom. The molecule has 0 saturated carbocycles. The van der Waals surface area contributed by atoms with E-state index in [2.05, 4.69) is 26.6 Å². The van der Waals surface area contributed by atoms with Crippen molar-refractivity contribution in [2.45, 2.75) is 89.5 Å². The first kappa shape index (κ1) is 38.7. The maximum absolute atomic E-state index is 12.8. The smallest absolute Gasteiger partial charge is 0.326 e. The largest absolute Gasteiger partial charge is 0.481 e. The molecule has 13 N–H and O–H groups in total. The van der Waals surface area contributed by atoms with Crippen LogP contribution in [0, 0.1) is 5.92 Å². The maximum Gasteiger partial charge on any atom is 0.326 e. The van der Waals surface area contributed by atoms with Gasteiger partial charge in [0.2, 0.25) is 35.4 Å². The highest BCUT2D eigenvalue weighted by Crippen LogP contribution is 2.05. The third-order valence-corrected chi connectivity index (χ3v) is 6.05. The van der Waals surface area contributed by atoms with Gasteiger partial charge in [-0.05, 0) is 38.6 Å². The van der Waals surface area contributed by atoms with Gasteiger partial charge < -0.3 is 54.0 Å². The lowest BCUT2D eigenvalue weighted by molar-refractivity contribution is -0.144. The van der Waals surface area contributed by atoms with E-state index in [1.165, 1.54) is 20.8 Å². The van der Waals surface area contributed by atoms with Gasteiger partial charge in [0.15, 0.2) is 0 Å². The van der Waals surface area contributed by atoms with Gasteiger partial charge in [0, 0.05) is 6.42 Å². The normalized spacial score (nSPS) is 14.3. The van der Waals surface area contributed by atoms with Gasteiger partial charge in [0.25, 0.3) is 0 Å². The topological polar surface area (TPSA) is 315 Å². The average Bonchev–Trinajstić information content (AvgIpc) is 2.90. The molecule has 5 atom stereocenters. The molecule has 0 unspecified atom stereocenters. The minimum atomic E-state index is -1.64. The van der Waals surface area contributed by atoms with Gasteiger partial charge in [-0.1, -0.05) is 20.3 Å². The summed E-state index contributed by atoms with van der Waals surface area (Å²) in [5.74, 6) is -8.43. The molecule has 0 rings (SSSR count). The number of carboxylic acid groups (broad SMARTS) is 2. The second kappa shape index (κ2) is 19.7. The van der Waals surface area contributed by atoms with Gasteiger partial charge in [-0.2, -0.15) is 0 Å². The Hall–Kier alpha value is -4.32. The Balaban J connectivity index is 5.19. The molecule has 0 saturated heterocycles. The van der Waals surface area contributed by atoms with E-state index in [1.807, 2.05) is 0 Å². The van der Waals surface area contributed by atoms with Gasteiger partial charge in [-0.3, -0.25) is 33.6 Å². The molecule has 0 bridgehead atoms. The fourth-order valence-corrected chi connectivity index (χ4v) is 3.57. The number of nitrogens with one attached hydrogen (secondary N) is 5. The Morgan fingerprint density at radius 1 is 0.744 bits per heavy atom. The monoisotopic (exact) mass is 616 g/mol. The van der Waals surface area contributed by atoms with Gasteiger partial charge in [-0.25, -0.2) is 4.79 Å². The third-order valence-electron chi connectivity index (χ3n) is 6.05. The quantitative estimate of drug-likeness (QED) is 0.0552. The fourth-order valence-electron chi connectivity index (χ4n) is 3.57. The van der Waals surface area contributed by atoms with Crippen molar-refractivity contribution in [2.75, 3.05) is 13.1 Å². The summed E-state index contributed by atoms with van der Waals surface area (Å²) in [6, 6.07) is -6.42. The molecule has 0 aliphatic rings. The van der Waals surface area contributed by atoms with Crippen LogP contribution in [0.25, 0.3) is 0 Å². The number of hydrogen-bond donors (Lipinski definition) is 10. The van der Waals surface area contributed by atoms with Gasteiger partial charge in [0.05, 0.1) is 19.0 Å². The second-order valence-corrected chi connectivity index (χ2v) is 10.2. The highest BCUT2D eigenvalue weighted by atomic mass is 16.4. The van der Waals surface area contributed by atoms with Crippen molar-refractivity contribution in [2.24, 2.45) is 23.1 Å². The molecule has 18 nitrogen and oxygen atoms in total. The van der Waals surface area contributed by atoms with Crippen LogP contribution in [0.1, 0.15) is 59.3 Å². The van der Waals surface area contributed by atoms with Crippen LogP contribution in [-0.4, -0.2) is 101 Å². The first-order valence-electron chi connectivity index (χ1n) is 13.7. The molecule has 0 aromatic heterocycles. The number of hydrogen-bond acceptors (Lipinski definition) is 10. The molecule has 244 valence electrons. The second-order valence-electron chi connectivity index (χ2n) is 10.2. The Bertz CT molecular complexity index is 1020. The summed E-state index contributed by atoms with van der Waals surface area (Å²) in [6.07, 6.45) is 0.242. The maximum atomic E-state index is 12.8. The van der Waals surface area contributed by atoms with Crippen molar-refractivity contribution >= 4 is 47.4 Å². The predicted octanol–water partition coefficient (Wildman–Crippen LogP) is -4.00. The van der Waals surface area contributed by atoms with E-state index in [1.54, 1.807) is 0 Å². The summed E-state index contributed by atoms with van der Waals surface area (Å²) in [4.78, 5) is 96.4. The minimum absolute atomic E-state index is 0.175. The molecular weight excluding hydrogens is 572 g/mol. The van der Waals surface area contributed by atoms with Crippen molar-refractivity contribution < 1.29 is 48.6 Å². The minimum Gasteiger partial charge on any atom is -0.481 e. The first-order valence-corrected chi connectivity index (χ1v) is 13.7. The molecule has 6 amide bonds. The number of primary amides is 1. The van der Waals surface area contributed by atoms with Gasteiger partial charge in [-0.15, -0.1) is 0 Å². The molecular formula is C25H44N8O10. The number of rotatable bonds is 21. The number of aliphatic carboxylic acids is 2. The molecule has 0 heterocycles. The zero-order valence-corrected chi connectivity index (χ0v) is 24.5. The molecule has 0 aliphatic heterocycles. The Labute approximate surface area is 248 Å². The van der Waals surface area contributed by atoms with E-state index in [0.29, 0.717) is 25.8 Å². The van der Waals surface area contributed by atoms with Gasteiger partial charge in [0.1, 0.15) is 24.2 Å². The third kappa shape index (κ3) is 16.0. The summed E-state index contributed by atoms with van der Waals surface area (Å²) in [5.41, 5.74) is 16.4. The van der Waals surface area contributed by atoms with E-state index in [4.69, 9.17) is 22.3 Å². The van der Waals surface area contributed by atoms with Crippen LogP contribution < -0.4 is 43.8 Å². The molecule has 0 aromatic rings. The standard InChI is InChI=1S/C25H44N8O10/c1-12(2)20(25(42)43)33-24(41)16(10-19(36)37)31-18(35)11-29-21(38)13(3)30-23(40)15(7-8-17(28)34)32-22(39)14(27)6-4-5-9-26/h12-16,20H,4-11,26-27H2,1-3H3,(H2,28,34)(H,29,38)(H,30,40)(H,31,35)(H,32,39)(H,33,41)(H,36,37)(H,42,43)/t13-,14+,15-,16+,20+/m0/s1. The van der Waals surface area contributed by atoms with Crippen molar-refractivity contribution in [3.05, 3.63) is 0 Å². The van der Waals surface area contributed by atoms with Crippen LogP contribution in [0.5, 0.6) is 0 Å². The summed E-state index contributed by atoms with van der Waals surface area (Å²) in [7, 11) is 0. The van der Waals surface area contributed by atoms with Crippen molar-refractivity contribution in [3.8, 4) is 0 Å². The zero-order valence-electron chi connectivity index (χ0n) is 24.5. The SMILES string of the molecule is CC(C)[C@@H](NC(=O)[C@@H](CC(=O)O)NC(=O)CNC(=O)[C@H](C)NC(=O)[C@H](CCC(N)=O)NC(=O)[C@H](N)CCCCN)C(=O)O. The number of amides is 6. The van der Waals surface area contributed by atoms with E-state index < -0.39 is 96.5 Å². The van der Waals surface area contributed by atoms with Crippen LogP contribution in [0.3, 0.4) is 0 Å². The lowest BCUT2D eigenvalue weighted by atomic mass is 10.0. The molecule has 0 radical (unpaired) electrons. The van der Waals surface area contributed by atoms with E-state index in [9.17, 15) is 43.5 Å². The van der Waals surface area contributed by atoms with Crippen LogP contribution in [0.4, 0.5) is 0 Å². The number of carbonyl (C=O) groups is 8. The number of nitrogens with two attached hydrogens (primary N) is 3. The average molecular weight is 617 g/mol. The van der Waals surface area contributed by atoms with Crippen molar-refractivity contribution in [3.63, 3.8) is 0 Å². The van der Waals surface area contributed by atoms with E-state index >= 15 is 0 Å². The highest BCUT2D eigenvalue weighted by molar-refractivity contribution is 5.96. The van der Waals surface area contributed by atoms with Crippen LogP contribution in [0.2, 0.25) is 0 Å². The lowest BCUT2D eigenvalue weighted by Crippen LogP contribution is -2.56. The van der Waals surface area contributed by atoms with Crippen LogP contribution >= 0.6 is 0 Å². The number of unbranched alkanes of at least 4 members (excludes halogenated alkanes) is 1. The molecule has 0 spiro atoms. The molecule has 0 aliphatic carbocycles. The van der Waals surface area contributed by atoms with Crippen molar-refractivity contribution in [1.29, 1.82) is 0 Å². The summed E-state index contributed by atoms with van der Waals surface area (Å²) < 4.78 is 0. The number of carbonyl (C=O) groups excluding carboxylic acids is 6. The Kier molecular flexibility index (Phi) is 17.8. The van der Waals surface area contributed by atoms with Crippen LogP contribution in [-0.2, 0) is 38.4 Å². The van der Waals surface area contributed by atoms with E-state index in [0.717, 1.165) is 0 Å². The predicted molar refractivity (Wildman–Crippen MR) is 150 cm³/mol. The summed E-state index contributed by atoms with van der Waals surface area (Å²) in [6.45, 7) is 4.01.